The van der Waals surface area contributed by atoms with Gasteiger partial charge in [-0.1, -0.05) is 5.16 Å². The summed E-state index contributed by atoms with van der Waals surface area (Å²) in [5.74, 6) is -2.00. The van der Waals surface area contributed by atoms with Crippen molar-refractivity contribution in [2.75, 3.05) is 6.54 Å². The van der Waals surface area contributed by atoms with Gasteiger partial charge in [0.15, 0.2) is 17.5 Å². The second-order valence-corrected chi connectivity index (χ2v) is 7.64. The summed E-state index contributed by atoms with van der Waals surface area (Å²) < 4.78 is 45.5. The molecule has 0 bridgehead atoms. The van der Waals surface area contributed by atoms with Crippen LogP contribution < -0.4 is 5.73 Å². The number of carbonyl (C=O) groups excluding carboxylic acids is 1. The number of hydrogen-bond acceptors (Lipinski definition) is 6. The van der Waals surface area contributed by atoms with Crippen LogP contribution in [0.3, 0.4) is 0 Å². The first-order chi connectivity index (χ1) is 14.8. The first kappa shape index (κ1) is 22.7. The number of carbonyl (C=O) groups is 2. The summed E-state index contributed by atoms with van der Waals surface area (Å²) >= 11 is 0. The number of halogens is 3. The third-order valence-electron chi connectivity index (χ3n) is 5.26. The zero-order valence-electron chi connectivity index (χ0n) is 16.6. The van der Waals surface area contributed by atoms with Gasteiger partial charge < -0.3 is 20.3 Å². The Bertz CT molecular complexity index is 935. The maximum absolute atomic E-state index is 13.8. The van der Waals surface area contributed by atoms with Crippen molar-refractivity contribution in [3.63, 3.8) is 0 Å². The predicted octanol–water partition coefficient (Wildman–Crippen LogP) is 2.69. The molecular formula is C20H23F3N4O4. The maximum atomic E-state index is 13.8. The Morgan fingerprint density at radius 3 is 2.61 bits per heavy atom. The Kier molecular flexibility index (Phi) is 7.26. The quantitative estimate of drug-likeness (QED) is 0.523. The molecule has 2 fully saturated rings. The van der Waals surface area contributed by atoms with Gasteiger partial charge in [-0.3, -0.25) is 9.59 Å². The van der Waals surface area contributed by atoms with Gasteiger partial charge in [-0.25, -0.2) is 13.2 Å². The van der Waals surface area contributed by atoms with E-state index in [4.69, 9.17) is 20.2 Å². The molecule has 2 aliphatic rings. The van der Waals surface area contributed by atoms with Gasteiger partial charge in [0.05, 0.1) is 6.04 Å². The van der Waals surface area contributed by atoms with Gasteiger partial charge in [0.25, 0.3) is 6.47 Å². The van der Waals surface area contributed by atoms with Crippen LogP contribution in [0, 0.1) is 17.5 Å². The number of aromatic nitrogens is 2. The highest BCUT2D eigenvalue weighted by Crippen LogP contribution is 2.40. The van der Waals surface area contributed by atoms with Crippen molar-refractivity contribution >= 4 is 12.4 Å². The molecule has 11 heteroatoms. The third kappa shape index (κ3) is 5.60. The van der Waals surface area contributed by atoms with E-state index in [1.54, 1.807) is 4.90 Å². The number of amides is 1. The van der Waals surface area contributed by atoms with Crippen LogP contribution in [-0.4, -0.2) is 45.1 Å². The highest BCUT2D eigenvalue weighted by Gasteiger charge is 2.36. The summed E-state index contributed by atoms with van der Waals surface area (Å²) in [5, 5.41) is 10.9. The molecule has 1 aromatic heterocycles. The predicted molar refractivity (Wildman–Crippen MR) is 101 cm³/mol. The summed E-state index contributed by atoms with van der Waals surface area (Å²) in [7, 11) is 0. The standard InChI is InChI=1S/C19H21F3N4O2.CH2O2/c20-13-9-15(22)14(21)7-11(13)6-12(23)8-17(27)26-5-1-2-16(26)18-24-19(28-25-18)10-3-4-10;2-1-3/h7,9-10,12,16H,1-6,8,23H2;1H,(H,2,3)/t12-,16+;/m1./s1. The molecule has 3 N–H and O–H groups in total. The summed E-state index contributed by atoms with van der Waals surface area (Å²) in [6.45, 7) is 0.309. The van der Waals surface area contributed by atoms with E-state index < -0.39 is 23.5 Å². The molecule has 31 heavy (non-hydrogen) atoms. The Balaban J connectivity index is 0.000000858. The molecular weight excluding hydrogens is 417 g/mol. The molecule has 0 radical (unpaired) electrons. The van der Waals surface area contributed by atoms with Gasteiger partial charge in [0, 0.05) is 31.0 Å². The maximum Gasteiger partial charge on any atom is 0.290 e. The highest BCUT2D eigenvalue weighted by molar-refractivity contribution is 5.77. The average molecular weight is 440 g/mol. The molecule has 1 aliphatic heterocycles. The van der Waals surface area contributed by atoms with E-state index in [0.29, 0.717) is 30.2 Å². The Morgan fingerprint density at radius 1 is 1.26 bits per heavy atom. The number of nitrogens with two attached hydrogens (primary N) is 1. The molecule has 1 amide bonds. The van der Waals surface area contributed by atoms with Crippen LogP contribution in [0.1, 0.15) is 61.3 Å². The summed E-state index contributed by atoms with van der Waals surface area (Å²) in [6, 6.07) is 0.298. The van der Waals surface area contributed by atoms with E-state index in [2.05, 4.69) is 10.1 Å². The van der Waals surface area contributed by atoms with Crippen LogP contribution in [0.4, 0.5) is 13.2 Å². The largest absolute Gasteiger partial charge is 0.483 e. The lowest BCUT2D eigenvalue weighted by Gasteiger charge is -2.24. The topological polar surface area (TPSA) is 123 Å². The minimum atomic E-state index is -1.25. The van der Waals surface area contributed by atoms with Crippen LogP contribution >= 0.6 is 0 Å². The van der Waals surface area contributed by atoms with Crippen molar-refractivity contribution < 1.29 is 32.4 Å². The lowest BCUT2D eigenvalue weighted by atomic mass is 10.0. The van der Waals surface area contributed by atoms with E-state index in [-0.39, 0.29) is 36.8 Å². The third-order valence-corrected chi connectivity index (χ3v) is 5.26. The molecule has 4 rings (SSSR count). The van der Waals surface area contributed by atoms with Crippen LogP contribution in [-0.2, 0) is 16.0 Å². The minimum absolute atomic E-state index is 0.0394. The van der Waals surface area contributed by atoms with E-state index in [0.717, 1.165) is 31.7 Å². The van der Waals surface area contributed by atoms with E-state index in [1.165, 1.54) is 0 Å². The number of likely N-dealkylation sites (tertiary alicyclic amines) is 1. The first-order valence-electron chi connectivity index (χ1n) is 9.93. The molecule has 2 atom stereocenters. The zero-order chi connectivity index (χ0) is 22.5. The monoisotopic (exact) mass is 440 g/mol. The van der Waals surface area contributed by atoms with Crippen LogP contribution in [0.25, 0.3) is 0 Å². The summed E-state index contributed by atoms with van der Waals surface area (Å²) in [5.41, 5.74) is 5.94. The fourth-order valence-electron chi connectivity index (χ4n) is 3.63. The van der Waals surface area contributed by atoms with Crippen LogP contribution in [0.5, 0.6) is 0 Å². The normalized spacial score (nSPS) is 19.0. The van der Waals surface area contributed by atoms with Crippen molar-refractivity contribution in [1.29, 1.82) is 0 Å². The molecule has 8 nitrogen and oxygen atoms in total. The van der Waals surface area contributed by atoms with Crippen LogP contribution in [0.2, 0.25) is 0 Å². The fraction of sp³-hybridized carbons (Fsp3) is 0.500. The van der Waals surface area contributed by atoms with Crippen molar-refractivity contribution in [3.05, 3.63) is 46.9 Å². The van der Waals surface area contributed by atoms with Crippen molar-refractivity contribution in [3.8, 4) is 0 Å². The molecule has 2 heterocycles. The van der Waals surface area contributed by atoms with Crippen molar-refractivity contribution in [1.82, 2.24) is 15.0 Å². The smallest absolute Gasteiger partial charge is 0.290 e. The second kappa shape index (κ2) is 9.90. The molecule has 1 saturated heterocycles. The van der Waals surface area contributed by atoms with Gasteiger partial charge in [-0.2, -0.15) is 4.98 Å². The lowest BCUT2D eigenvalue weighted by molar-refractivity contribution is -0.132. The second-order valence-electron chi connectivity index (χ2n) is 7.64. The van der Waals surface area contributed by atoms with Crippen LogP contribution in [0.15, 0.2) is 16.7 Å². The van der Waals surface area contributed by atoms with Gasteiger partial charge in [0.2, 0.25) is 11.8 Å². The average Bonchev–Trinajstić information content (AvgIpc) is 3.24. The molecule has 0 spiro atoms. The molecule has 1 aliphatic carbocycles. The van der Waals surface area contributed by atoms with E-state index in [1.807, 2.05) is 0 Å². The Morgan fingerprint density at radius 2 is 1.94 bits per heavy atom. The zero-order valence-corrected chi connectivity index (χ0v) is 16.6. The number of benzene rings is 1. The number of hydrogen-bond donors (Lipinski definition) is 2. The van der Waals surface area contributed by atoms with Crippen molar-refractivity contribution in [2.24, 2.45) is 5.73 Å². The summed E-state index contributed by atoms with van der Waals surface area (Å²) in [4.78, 5) is 27.2. The van der Waals surface area contributed by atoms with Gasteiger partial charge in [0.1, 0.15) is 5.82 Å². The SMILES string of the molecule is N[C@@H](CC(=O)N1CCC[C@H]1c1noc(C2CC2)n1)Cc1cc(F)c(F)cc1F.O=CO. The Hall–Kier alpha value is -2.95. The van der Waals surface area contributed by atoms with Crippen molar-refractivity contribution in [2.45, 2.75) is 56.5 Å². The molecule has 0 unspecified atom stereocenters. The Labute approximate surface area is 176 Å². The molecule has 1 aromatic carbocycles. The summed E-state index contributed by atoms with van der Waals surface area (Å²) in [6.07, 6.45) is 3.54. The first-order valence-corrected chi connectivity index (χ1v) is 9.93. The highest BCUT2D eigenvalue weighted by atomic mass is 19.2. The molecule has 168 valence electrons. The van der Waals surface area contributed by atoms with E-state index in [9.17, 15) is 18.0 Å². The van der Waals surface area contributed by atoms with Gasteiger partial charge in [-0.05, 0) is 43.7 Å². The number of rotatable bonds is 6. The lowest BCUT2D eigenvalue weighted by Crippen LogP contribution is -2.36. The number of nitrogens with zero attached hydrogens (tertiary/aromatic N) is 3. The van der Waals surface area contributed by atoms with Gasteiger partial charge in [-0.15, -0.1) is 0 Å². The number of carboxylic acid groups (broad SMARTS) is 1. The fourth-order valence-corrected chi connectivity index (χ4v) is 3.63. The van der Waals surface area contributed by atoms with Gasteiger partial charge >= 0.3 is 0 Å². The molecule has 1 saturated carbocycles. The molecule has 2 aromatic rings. The minimum Gasteiger partial charge on any atom is -0.483 e. The van der Waals surface area contributed by atoms with E-state index >= 15 is 0 Å².